The molecule has 3 saturated heterocycles. The fourth-order valence-electron chi connectivity index (χ4n) is 6.56. The minimum absolute atomic E-state index is 0.0276. The largest absolute Gasteiger partial charge is 0.390 e. The van der Waals surface area contributed by atoms with E-state index in [0.717, 1.165) is 38.8 Å². The fraction of sp³-hybridized carbons (Fsp3) is 0.600. The van der Waals surface area contributed by atoms with Gasteiger partial charge in [-0.2, -0.15) is 4.98 Å². The van der Waals surface area contributed by atoms with E-state index in [1.165, 1.54) is 11.1 Å². The molecule has 220 valence electrons. The molecular formula is C30H41N7O4. The zero-order chi connectivity index (χ0) is 28.3. The summed E-state index contributed by atoms with van der Waals surface area (Å²) in [6.45, 7) is 8.13. The van der Waals surface area contributed by atoms with Gasteiger partial charge in [0.2, 0.25) is 11.9 Å². The smallest absolute Gasteiger partial charge is 0.272 e. The second-order valence-electron chi connectivity index (χ2n) is 11.6. The lowest BCUT2D eigenvalue weighted by Gasteiger charge is -2.43. The van der Waals surface area contributed by atoms with Crippen molar-refractivity contribution < 1.29 is 19.4 Å². The van der Waals surface area contributed by atoms with E-state index in [1.54, 1.807) is 17.9 Å². The number of nitrogens with one attached hydrogen (secondary N) is 1. The summed E-state index contributed by atoms with van der Waals surface area (Å²) in [5.41, 5.74) is 3.05. The van der Waals surface area contributed by atoms with Gasteiger partial charge in [-0.05, 0) is 36.8 Å². The predicted molar refractivity (Wildman–Crippen MR) is 155 cm³/mol. The van der Waals surface area contributed by atoms with Gasteiger partial charge >= 0.3 is 0 Å². The molecule has 4 aliphatic heterocycles. The van der Waals surface area contributed by atoms with E-state index >= 15 is 0 Å². The van der Waals surface area contributed by atoms with E-state index < -0.39 is 6.10 Å². The number of ether oxygens (including phenoxy) is 1. The normalized spacial score (nSPS) is 24.2. The van der Waals surface area contributed by atoms with Crippen molar-refractivity contribution >= 4 is 23.6 Å². The molecule has 1 aromatic carbocycles. The van der Waals surface area contributed by atoms with E-state index in [4.69, 9.17) is 14.7 Å². The van der Waals surface area contributed by atoms with Gasteiger partial charge in [-0.1, -0.05) is 24.3 Å². The Morgan fingerprint density at radius 1 is 0.951 bits per heavy atom. The SMILES string of the molecule is CC(=O)N1CCC(Nc2cc(C(=O)N3CC[C@@H](N4CCc5ccccc5C4)[C@H](O)C3)nc(N3CCOCC3)n2)CC1. The molecule has 0 aliphatic carbocycles. The number of hydrogen-bond donors (Lipinski definition) is 2. The molecule has 2 amide bonds. The van der Waals surface area contributed by atoms with E-state index in [-0.39, 0.29) is 30.4 Å². The molecule has 0 bridgehead atoms. The van der Waals surface area contributed by atoms with Crippen molar-refractivity contribution in [2.24, 2.45) is 0 Å². The minimum atomic E-state index is -0.623. The van der Waals surface area contributed by atoms with Gasteiger partial charge in [0.1, 0.15) is 11.5 Å². The lowest BCUT2D eigenvalue weighted by atomic mass is 9.94. The van der Waals surface area contributed by atoms with E-state index in [2.05, 4.69) is 39.4 Å². The number of fused-ring (bicyclic) bond motifs is 1. The summed E-state index contributed by atoms with van der Waals surface area (Å²) < 4.78 is 5.51. The first-order valence-electron chi connectivity index (χ1n) is 15.0. The first-order chi connectivity index (χ1) is 19.9. The molecule has 0 radical (unpaired) electrons. The maximum Gasteiger partial charge on any atom is 0.272 e. The van der Waals surface area contributed by atoms with Crippen LogP contribution in [0.5, 0.6) is 0 Å². The van der Waals surface area contributed by atoms with E-state index in [9.17, 15) is 14.7 Å². The Balaban J connectivity index is 1.15. The number of anilines is 2. The molecule has 2 aromatic rings. The predicted octanol–water partition coefficient (Wildman–Crippen LogP) is 1.37. The second kappa shape index (κ2) is 12.3. The number of nitrogens with zero attached hydrogens (tertiary/aromatic N) is 6. The summed E-state index contributed by atoms with van der Waals surface area (Å²) >= 11 is 0. The molecule has 0 saturated carbocycles. The molecule has 11 nitrogen and oxygen atoms in total. The van der Waals surface area contributed by atoms with Crippen LogP contribution >= 0.6 is 0 Å². The highest BCUT2D eigenvalue weighted by molar-refractivity contribution is 5.93. The highest BCUT2D eigenvalue weighted by Gasteiger charge is 2.36. The molecule has 5 heterocycles. The number of morpholine rings is 1. The standard InChI is InChI=1S/C30H41N7O4/c1-21(38)34-11-7-24(8-12-34)31-28-18-25(32-30(33-28)35-14-16-41-17-15-35)29(40)37-13-9-26(27(39)20-37)36-10-6-22-4-2-3-5-23(22)19-36/h2-5,18,24,26-27,39H,6-17,19-20H2,1H3,(H,31,32,33)/t26-,27-/m1/s1. The number of piperidine rings is 2. The lowest BCUT2D eigenvalue weighted by Crippen LogP contribution is -2.56. The molecule has 41 heavy (non-hydrogen) atoms. The summed E-state index contributed by atoms with van der Waals surface area (Å²) in [5, 5.41) is 14.7. The molecule has 11 heteroatoms. The van der Waals surface area contributed by atoms with Crippen LogP contribution in [0, 0.1) is 0 Å². The average Bonchev–Trinajstić information content (AvgIpc) is 3.01. The van der Waals surface area contributed by atoms with Gasteiger partial charge in [-0.15, -0.1) is 0 Å². The summed E-state index contributed by atoms with van der Waals surface area (Å²) in [7, 11) is 0. The second-order valence-corrected chi connectivity index (χ2v) is 11.6. The third-order valence-electron chi connectivity index (χ3n) is 8.98. The highest BCUT2D eigenvalue weighted by atomic mass is 16.5. The Labute approximate surface area is 241 Å². The fourth-order valence-corrected chi connectivity index (χ4v) is 6.56. The van der Waals surface area contributed by atoms with Crippen LogP contribution in [0.15, 0.2) is 30.3 Å². The maximum atomic E-state index is 13.8. The van der Waals surface area contributed by atoms with Crippen LogP contribution in [-0.4, -0.2) is 119 Å². The Kier molecular flexibility index (Phi) is 8.36. The zero-order valence-corrected chi connectivity index (χ0v) is 23.9. The summed E-state index contributed by atoms with van der Waals surface area (Å²) in [4.78, 5) is 43.0. The number of hydrogen-bond acceptors (Lipinski definition) is 9. The summed E-state index contributed by atoms with van der Waals surface area (Å²) in [5.74, 6) is 1.06. The zero-order valence-electron chi connectivity index (χ0n) is 23.9. The van der Waals surface area contributed by atoms with Crippen LogP contribution in [0.25, 0.3) is 0 Å². The van der Waals surface area contributed by atoms with Crippen LogP contribution in [-0.2, 0) is 22.5 Å². The minimum Gasteiger partial charge on any atom is -0.390 e. The topological polar surface area (TPSA) is 114 Å². The highest BCUT2D eigenvalue weighted by Crippen LogP contribution is 2.27. The number of β-amino-alcohol motifs (C(OH)–C–C–N with tert-alkyl or cyclic N) is 1. The Hall–Kier alpha value is -3.28. The summed E-state index contributed by atoms with van der Waals surface area (Å²) in [6, 6.07) is 10.5. The molecule has 3 fully saturated rings. The number of aliphatic hydroxyl groups is 1. The van der Waals surface area contributed by atoms with Gasteiger partial charge in [0.15, 0.2) is 0 Å². The lowest BCUT2D eigenvalue weighted by molar-refractivity contribution is -0.129. The molecule has 1 aromatic heterocycles. The van der Waals surface area contributed by atoms with Crippen molar-refractivity contribution in [3.05, 3.63) is 47.2 Å². The Morgan fingerprint density at radius 2 is 1.68 bits per heavy atom. The van der Waals surface area contributed by atoms with Crippen molar-refractivity contribution in [2.75, 3.05) is 69.2 Å². The van der Waals surface area contributed by atoms with Crippen LogP contribution in [0.2, 0.25) is 0 Å². The third kappa shape index (κ3) is 6.32. The molecule has 2 N–H and O–H groups in total. The van der Waals surface area contributed by atoms with Gasteiger partial charge < -0.3 is 29.9 Å². The first-order valence-corrected chi connectivity index (χ1v) is 15.0. The molecule has 0 spiro atoms. The molecule has 4 aliphatic rings. The number of carbonyl (C=O) groups is 2. The van der Waals surface area contributed by atoms with Crippen LogP contribution in [0.1, 0.15) is 47.8 Å². The monoisotopic (exact) mass is 563 g/mol. The first kappa shape index (κ1) is 27.9. The van der Waals surface area contributed by atoms with Crippen LogP contribution < -0.4 is 10.2 Å². The van der Waals surface area contributed by atoms with E-state index in [0.29, 0.717) is 63.4 Å². The van der Waals surface area contributed by atoms with Crippen molar-refractivity contribution in [3.63, 3.8) is 0 Å². The molecular weight excluding hydrogens is 522 g/mol. The Morgan fingerprint density at radius 3 is 2.41 bits per heavy atom. The Bertz CT molecular complexity index is 1250. The van der Waals surface area contributed by atoms with E-state index in [1.807, 2.05) is 4.90 Å². The average molecular weight is 564 g/mol. The van der Waals surface area contributed by atoms with Gasteiger partial charge in [0.05, 0.1) is 19.3 Å². The molecule has 6 rings (SSSR count). The van der Waals surface area contributed by atoms with Crippen LogP contribution in [0.3, 0.4) is 0 Å². The number of benzene rings is 1. The number of rotatable bonds is 5. The maximum absolute atomic E-state index is 13.8. The number of likely N-dealkylation sites (tertiary alicyclic amines) is 2. The number of aromatic nitrogens is 2. The van der Waals surface area contributed by atoms with Crippen LogP contribution in [0.4, 0.5) is 11.8 Å². The van der Waals surface area contributed by atoms with Crippen molar-refractivity contribution in [1.29, 1.82) is 0 Å². The van der Waals surface area contributed by atoms with Gasteiger partial charge in [-0.3, -0.25) is 14.5 Å². The summed E-state index contributed by atoms with van der Waals surface area (Å²) in [6.07, 6.45) is 2.72. The van der Waals surface area contributed by atoms with Crippen molar-refractivity contribution in [2.45, 2.75) is 57.3 Å². The number of amides is 2. The van der Waals surface area contributed by atoms with Gasteiger partial charge in [0.25, 0.3) is 5.91 Å². The number of carbonyl (C=O) groups excluding carboxylic acids is 2. The molecule has 0 unspecified atom stereocenters. The molecule has 2 atom stereocenters. The quantitative estimate of drug-likeness (QED) is 0.557. The van der Waals surface area contributed by atoms with Gasteiger partial charge in [0, 0.05) is 77.4 Å². The van der Waals surface area contributed by atoms with Crippen molar-refractivity contribution in [3.8, 4) is 0 Å². The van der Waals surface area contributed by atoms with Gasteiger partial charge in [-0.25, -0.2) is 4.98 Å². The third-order valence-corrected chi connectivity index (χ3v) is 8.98. The van der Waals surface area contributed by atoms with Crippen molar-refractivity contribution in [1.82, 2.24) is 24.7 Å². The number of aliphatic hydroxyl groups excluding tert-OH is 1.